The molecule has 1 atom stereocenters. The molecule has 2 nitrogen and oxygen atoms in total. The zero-order chi connectivity index (χ0) is 14.9. The Morgan fingerprint density at radius 3 is 2.95 bits per heavy atom. The van der Waals surface area contributed by atoms with E-state index < -0.39 is 0 Å². The Labute approximate surface area is 135 Å². The van der Waals surface area contributed by atoms with E-state index in [1.807, 2.05) is 22.7 Å². The zero-order valence-electron chi connectivity index (χ0n) is 13.1. The molecule has 2 heterocycles. The lowest BCUT2D eigenvalue weighted by atomic mass is 9.90. The number of fused-ring (bicyclic) bond motifs is 1. The van der Waals surface area contributed by atoms with Crippen LogP contribution in [0.15, 0.2) is 17.5 Å². The molecule has 0 saturated heterocycles. The van der Waals surface area contributed by atoms with Gasteiger partial charge in [-0.05, 0) is 51.5 Å². The minimum absolute atomic E-state index is 0.188. The zero-order valence-corrected chi connectivity index (χ0v) is 14.7. The highest BCUT2D eigenvalue weighted by atomic mass is 32.1. The maximum absolute atomic E-state index is 4.99. The molecule has 2 aromatic rings. The molecule has 3 rings (SSSR count). The van der Waals surface area contributed by atoms with Gasteiger partial charge in [-0.25, -0.2) is 4.98 Å². The molecule has 114 valence electrons. The van der Waals surface area contributed by atoms with E-state index in [9.17, 15) is 0 Å². The molecule has 1 aliphatic carbocycles. The maximum Gasteiger partial charge on any atom is 0.0983 e. The summed E-state index contributed by atoms with van der Waals surface area (Å²) in [6.07, 6.45) is 4.82. The quantitative estimate of drug-likeness (QED) is 0.890. The highest BCUT2D eigenvalue weighted by molar-refractivity contribution is 7.12. The lowest BCUT2D eigenvalue weighted by molar-refractivity contribution is 0.388. The van der Waals surface area contributed by atoms with E-state index in [-0.39, 0.29) is 5.54 Å². The first-order valence-electron chi connectivity index (χ1n) is 7.77. The largest absolute Gasteiger partial charge is 0.311 e. The van der Waals surface area contributed by atoms with Gasteiger partial charge in [0.2, 0.25) is 0 Å². The van der Waals surface area contributed by atoms with Crippen molar-refractivity contribution in [3.63, 3.8) is 0 Å². The molecule has 0 aliphatic heterocycles. The number of nitrogens with one attached hydrogen (secondary N) is 1. The SMILES string of the molecule is CC(C)(C)NCC1CCCc2sc(Cc3cccs3)nc21. The second kappa shape index (κ2) is 6.19. The average Bonchev–Trinajstić information content (AvgIpc) is 3.04. The predicted molar refractivity (Wildman–Crippen MR) is 92.7 cm³/mol. The van der Waals surface area contributed by atoms with E-state index in [0.29, 0.717) is 5.92 Å². The van der Waals surface area contributed by atoms with Gasteiger partial charge >= 0.3 is 0 Å². The summed E-state index contributed by atoms with van der Waals surface area (Å²) in [5.74, 6) is 0.598. The van der Waals surface area contributed by atoms with Crippen LogP contribution in [0.3, 0.4) is 0 Å². The summed E-state index contributed by atoms with van der Waals surface area (Å²) in [5.41, 5.74) is 1.57. The van der Waals surface area contributed by atoms with Crippen LogP contribution in [0.1, 0.15) is 60.0 Å². The molecule has 1 N–H and O–H groups in total. The number of thiophene rings is 1. The van der Waals surface area contributed by atoms with Gasteiger partial charge in [-0.3, -0.25) is 0 Å². The van der Waals surface area contributed by atoms with Crippen molar-refractivity contribution in [3.8, 4) is 0 Å². The Morgan fingerprint density at radius 1 is 1.38 bits per heavy atom. The maximum atomic E-state index is 4.99. The first-order chi connectivity index (χ1) is 10.0. The van der Waals surface area contributed by atoms with Crippen molar-refractivity contribution < 1.29 is 0 Å². The molecular formula is C17H24N2S2. The Morgan fingerprint density at radius 2 is 2.24 bits per heavy atom. The van der Waals surface area contributed by atoms with Crippen molar-refractivity contribution in [2.45, 2.75) is 57.9 Å². The van der Waals surface area contributed by atoms with Crippen LogP contribution in [0, 0.1) is 0 Å². The second-order valence-corrected chi connectivity index (χ2v) is 9.09. The molecule has 21 heavy (non-hydrogen) atoms. The summed E-state index contributed by atoms with van der Waals surface area (Å²) in [7, 11) is 0. The molecule has 0 aromatic carbocycles. The number of rotatable bonds is 4. The van der Waals surface area contributed by atoms with Crippen LogP contribution in [0.2, 0.25) is 0 Å². The van der Waals surface area contributed by atoms with E-state index >= 15 is 0 Å². The number of hydrogen-bond acceptors (Lipinski definition) is 4. The third kappa shape index (κ3) is 3.93. The van der Waals surface area contributed by atoms with Gasteiger partial charge in [0.05, 0.1) is 10.7 Å². The third-order valence-corrected chi connectivity index (χ3v) is 5.91. The topological polar surface area (TPSA) is 24.9 Å². The molecular weight excluding hydrogens is 296 g/mol. The highest BCUT2D eigenvalue weighted by Crippen LogP contribution is 2.35. The van der Waals surface area contributed by atoms with Gasteiger partial charge < -0.3 is 5.32 Å². The molecule has 0 bridgehead atoms. The fourth-order valence-corrected chi connectivity index (χ4v) is 4.84. The van der Waals surface area contributed by atoms with Crippen molar-refractivity contribution in [1.29, 1.82) is 0 Å². The summed E-state index contributed by atoms with van der Waals surface area (Å²) in [5, 5.41) is 7.10. The van der Waals surface area contributed by atoms with Crippen LogP contribution < -0.4 is 5.32 Å². The van der Waals surface area contributed by atoms with Gasteiger partial charge in [0.1, 0.15) is 0 Å². The summed E-state index contributed by atoms with van der Waals surface area (Å²) < 4.78 is 0. The number of aromatic nitrogens is 1. The summed E-state index contributed by atoms with van der Waals surface area (Å²) in [4.78, 5) is 7.95. The first kappa shape index (κ1) is 15.2. The summed E-state index contributed by atoms with van der Waals surface area (Å²) in [6, 6.07) is 4.34. The fraction of sp³-hybridized carbons (Fsp3) is 0.588. The summed E-state index contributed by atoms with van der Waals surface area (Å²) >= 11 is 3.77. The normalized spacial score (nSPS) is 18.7. The average molecular weight is 321 g/mol. The molecule has 1 aliphatic rings. The molecule has 0 fully saturated rings. The highest BCUT2D eigenvalue weighted by Gasteiger charge is 2.25. The van der Waals surface area contributed by atoms with E-state index in [2.05, 4.69) is 43.6 Å². The van der Waals surface area contributed by atoms with E-state index in [1.165, 1.54) is 39.7 Å². The number of nitrogens with zero attached hydrogens (tertiary/aromatic N) is 1. The van der Waals surface area contributed by atoms with Crippen LogP contribution >= 0.6 is 22.7 Å². The van der Waals surface area contributed by atoms with Gasteiger partial charge in [0, 0.05) is 34.2 Å². The second-order valence-electron chi connectivity index (χ2n) is 6.89. The predicted octanol–water partition coefficient (Wildman–Crippen LogP) is 4.60. The number of thiazole rings is 1. The Kier molecular flexibility index (Phi) is 4.48. The van der Waals surface area contributed by atoms with Crippen LogP contribution in [-0.4, -0.2) is 17.1 Å². The molecule has 4 heteroatoms. The lowest BCUT2D eigenvalue weighted by Crippen LogP contribution is -2.39. The fourth-order valence-electron chi connectivity index (χ4n) is 2.82. The monoisotopic (exact) mass is 320 g/mol. The van der Waals surface area contributed by atoms with E-state index in [0.717, 1.165) is 13.0 Å². The Hall–Kier alpha value is -0.710. The van der Waals surface area contributed by atoms with Crippen LogP contribution in [-0.2, 0) is 12.8 Å². The van der Waals surface area contributed by atoms with Gasteiger partial charge in [-0.1, -0.05) is 6.07 Å². The van der Waals surface area contributed by atoms with Crippen LogP contribution in [0.5, 0.6) is 0 Å². The van der Waals surface area contributed by atoms with E-state index in [1.54, 1.807) is 0 Å². The van der Waals surface area contributed by atoms with Gasteiger partial charge in [-0.15, -0.1) is 22.7 Å². The minimum Gasteiger partial charge on any atom is -0.311 e. The van der Waals surface area contributed by atoms with Gasteiger partial charge in [0.25, 0.3) is 0 Å². The van der Waals surface area contributed by atoms with Crippen molar-refractivity contribution >= 4 is 22.7 Å². The van der Waals surface area contributed by atoms with Gasteiger partial charge in [-0.2, -0.15) is 0 Å². The molecule has 0 amide bonds. The van der Waals surface area contributed by atoms with Crippen molar-refractivity contribution in [2.75, 3.05) is 6.54 Å². The molecule has 1 unspecified atom stereocenters. The lowest BCUT2D eigenvalue weighted by Gasteiger charge is -2.27. The molecule has 0 spiro atoms. The molecule has 2 aromatic heterocycles. The van der Waals surface area contributed by atoms with Crippen molar-refractivity contribution in [1.82, 2.24) is 10.3 Å². The first-order valence-corrected chi connectivity index (χ1v) is 9.47. The summed E-state index contributed by atoms with van der Waals surface area (Å²) in [6.45, 7) is 7.76. The smallest absolute Gasteiger partial charge is 0.0983 e. The Bertz CT molecular complexity index is 578. The standard InChI is InChI=1S/C17H24N2S2/c1-17(2,3)18-11-12-6-4-8-14-16(12)19-15(21-14)10-13-7-5-9-20-13/h5,7,9,12,18H,4,6,8,10-11H2,1-3H3. The molecule has 0 radical (unpaired) electrons. The third-order valence-electron chi connectivity index (χ3n) is 3.90. The van der Waals surface area contributed by atoms with Crippen LogP contribution in [0.25, 0.3) is 0 Å². The van der Waals surface area contributed by atoms with Crippen molar-refractivity contribution in [3.05, 3.63) is 38.0 Å². The number of aryl methyl sites for hydroxylation is 1. The van der Waals surface area contributed by atoms with E-state index in [4.69, 9.17) is 4.98 Å². The van der Waals surface area contributed by atoms with Crippen LogP contribution in [0.4, 0.5) is 0 Å². The van der Waals surface area contributed by atoms with Crippen molar-refractivity contribution in [2.24, 2.45) is 0 Å². The molecule has 0 saturated carbocycles. The minimum atomic E-state index is 0.188. The number of hydrogen-bond donors (Lipinski definition) is 1. The van der Waals surface area contributed by atoms with Gasteiger partial charge in [0.15, 0.2) is 0 Å². The Balaban J connectivity index is 1.73.